The third-order valence-corrected chi connectivity index (χ3v) is 4.28. The van der Waals surface area contributed by atoms with Crippen molar-refractivity contribution >= 4 is 0 Å². The number of nitrogens with two attached hydrogens (primary N) is 1. The van der Waals surface area contributed by atoms with Gasteiger partial charge in [-0.1, -0.05) is 13.8 Å². The van der Waals surface area contributed by atoms with Gasteiger partial charge in [0, 0.05) is 18.1 Å². The molecule has 0 radical (unpaired) electrons. The molecular formula is C14H31N3. The van der Waals surface area contributed by atoms with Crippen molar-refractivity contribution in [3.8, 4) is 0 Å². The number of piperidine rings is 1. The molecule has 1 aliphatic rings. The quantitative estimate of drug-likeness (QED) is 0.771. The van der Waals surface area contributed by atoms with Crippen LogP contribution in [0.2, 0.25) is 0 Å². The molecule has 0 aromatic rings. The maximum Gasteiger partial charge on any atom is 0.0358 e. The zero-order valence-corrected chi connectivity index (χ0v) is 12.2. The van der Waals surface area contributed by atoms with Crippen molar-refractivity contribution in [1.82, 2.24) is 9.80 Å². The lowest BCUT2D eigenvalue weighted by Crippen LogP contribution is -2.61. The maximum atomic E-state index is 6.11. The van der Waals surface area contributed by atoms with Gasteiger partial charge in [-0.25, -0.2) is 0 Å². The van der Waals surface area contributed by atoms with Gasteiger partial charge in [0.25, 0.3) is 0 Å². The van der Waals surface area contributed by atoms with Crippen molar-refractivity contribution < 1.29 is 0 Å². The molecule has 2 N–H and O–H groups in total. The molecule has 0 atom stereocenters. The van der Waals surface area contributed by atoms with Gasteiger partial charge in [-0.15, -0.1) is 0 Å². The Hall–Kier alpha value is -0.120. The normalized spacial score (nSPS) is 21.4. The number of hydrogen-bond donors (Lipinski definition) is 1. The highest BCUT2D eigenvalue weighted by molar-refractivity contribution is 4.97. The summed E-state index contributed by atoms with van der Waals surface area (Å²) in [5, 5.41) is 0. The average molecular weight is 241 g/mol. The number of hydrogen-bond acceptors (Lipinski definition) is 3. The second-order valence-corrected chi connectivity index (χ2v) is 5.65. The van der Waals surface area contributed by atoms with Crippen LogP contribution in [-0.2, 0) is 0 Å². The fourth-order valence-corrected chi connectivity index (χ4v) is 3.37. The third kappa shape index (κ3) is 3.43. The lowest BCUT2D eigenvalue weighted by molar-refractivity contribution is 0.00961. The van der Waals surface area contributed by atoms with Crippen LogP contribution >= 0.6 is 0 Å². The first kappa shape index (κ1) is 14.9. The van der Waals surface area contributed by atoms with Gasteiger partial charge in [-0.05, 0) is 59.3 Å². The lowest BCUT2D eigenvalue weighted by atomic mass is 9.84. The standard InChI is InChI=1S/C14H31N3/c1-5-9-16-10-7-14(12-15,8-11-16)17(6-2)13(3)4/h13H,5-12,15H2,1-4H3. The van der Waals surface area contributed by atoms with E-state index in [1.807, 2.05) is 0 Å². The van der Waals surface area contributed by atoms with E-state index in [9.17, 15) is 0 Å². The largest absolute Gasteiger partial charge is 0.329 e. The summed E-state index contributed by atoms with van der Waals surface area (Å²) >= 11 is 0. The molecule has 3 heteroatoms. The summed E-state index contributed by atoms with van der Waals surface area (Å²) in [6.45, 7) is 14.7. The Morgan fingerprint density at radius 1 is 1.24 bits per heavy atom. The molecule has 0 aromatic heterocycles. The van der Waals surface area contributed by atoms with Gasteiger partial charge in [0.05, 0.1) is 0 Å². The van der Waals surface area contributed by atoms with E-state index < -0.39 is 0 Å². The fourth-order valence-electron chi connectivity index (χ4n) is 3.37. The van der Waals surface area contributed by atoms with Crippen LogP contribution in [0.3, 0.4) is 0 Å². The molecule has 1 fully saturated rings. The van der Waals surface area contributed by atoms with E-state index in [2.05, 4.69) is 37.5 Å². The molecule has 0 bridgehead atoms. The van der Waals surface area contributed by atoms with Crippen LogP contribution in [0, 0.1) is 0 Å². The number of likely N-dealkylation sites (tertiary alicyclic amines) is 1. The van der Waals surface area contributed by atoms with Crippen molar-refractivity contribution in [1.29, 1.82) is 0 Å². The van der Waals surface area contributed by atoms with Crippen LogP contribution in [-0.4, -0.2) is 54.1 Å². The molecule has 0 aromatic carbocycles. The van der Waals surface area contributed by atoms with Crippen LogP contribution in [0.5, 0.6) is 0 Å². The molecule has 102 valence electrons. The molecule has 1 rings (SSSR count). The highest BCUT2D eigenvalue weighted by Gasteiger charge is 2.38. The van der Waals surface area contributed by atoms with E-state index in [0.717, 1.165) is 13.1 Å². The first-order valence-electron chi connectivity index (χ1n) is 7.28. The van der Waals surface area contributed by atoms with Crippen molar-refractivity contribution in [2.45, 2.75) is 58.5 Å². The minimum atomic E-state index is 0.257. The molecule has 1 aliphatic heterocycles. The lowest BCUT2D eigenvalue weighted by Gasteiger charge is -2.50. The third-order valence-electron chi connectivity index (χ3n) is 4.28. The molecule has 0 spiro atoms. The van der Waals surface area contributed by atoms with E-state index in [0.29, 0.717) is 6.04 Å². The molecule has 17 heavy (non-hydrogen) atoms. The second-order valence-electron chi connectivity index (χ2n) is 5.65. The van der Waals surface area contributed by atoms with Crippen LogP contribution in [0.25, 0.3) is 0 Å². The Labute approximate surface area is 107 Å². The smallest absolute Gasteiger partial charge is 0.0358 e. The second kappa shape index (κ2) is 6.72. The monoisotopic (exact) mass is 241 g/mol. The predicted molar refractivity (Wildman–Crippen MR) is 75.3 cm³/mol. The van der Waals surface area contributed by atoms with Gasteiger partial charge >= 0.3 is 0 Å². The summed E-state index contributed by atoms with van der Waals surface area (Å²) in [6, 6.07) is 0.598. The molecule has 1 saturated heterocycles. The van der Waals surface area contributed by atoms with E-state index in [1.54, 1.807) is 0 Å². The number of nitrogens with zero attached hydrogens (tertiary/aromatic N) is 2. The van der Waals surface area contributed by atoms with Crippen LogP contribution in [0.15, 0.2) is 0 Å². The van der Waals surface area contributed by atoms with Crippen molar-refractivity contribution in [3.63, 3.8) is 0 Å². The van der Waals surface area contributed by atoms with E-state index in [4.69, 9.17) is 5.73 Å². The van der Waals surface area contributed by atoms with Crippen molar-refractivity contribution in [3.05, 3.63) is 0 Å². The van der Waals surface area contributed by atoms with E-state index in [-0.39, 0.29) is 5.54 Å². The summed E-state index contributed by atoms with van der Waals surface area (Å²) in [5.41, 5.74) is 6.37. The first-order chi connectivity index (χ1) is 8.09. The van der Waals surface area contributed by atoms with Crippen LogP contribution in [0.4, 0.5) is 0 Å². The summed E-state index contributed by atoms with van der Waals surface area (Å²) in [6.07, 6.45) is 3.72. The Morgan fingerprint density at radius 3 is 2.18 bits per heavy atom. The van der Waals surface area contributed by atoms with Gasteiger partial charge in [0.2, 0.25) is 0 Å². The molecule has 0 unspecified atom stereocenters. The summed E-state index contributed by atoms with van der Waals surface area (Å²) < 4.78 is 0. The SMILES string of the molecule is CCCN1CCC(CN)(N(CC)C(C)C)CC1. The van der Waals surface area contributed by atoms with Crippen molar-refractivity contribution in [2.24, 2.45) is 5.73 Å². The highest BCUT2D eigenvalue weighted by Crippen LogP contribution is 2.29. The Kier molecular flexibility index (Phi) is 5.90. The minimum absolute atomic E-state index is 0.257. The van der Waals surface area contributed by atoms with Crippen LogP contribution < -0.4 is 5.73 Å². The van der Waals surface area contributed by atoms with Gasteiger partial charge in [-0.3, -0.25) is 4.90 Å². The zero-order valence-electron chi connectivity index (χ0n) is 12.2. The number of rotatable bonds is 6. The molecular weight excluding hydrogens is 210 g/mol. The summed E-state index contributed by atoms with van der Waals surface area (Å²) in [7, 11) is 0. The Bertz CT molecular complexity index is 208. The molecule has 0 amide bonds. The van der Waals surface area contributed by atoms with Gasteiger partial charge < -0.3 is 10.6 Å². The average Bonchev–Trinajstić information content (AvgIpc) is 2.32. The molecule has 0 saturated carbocycles. The number of likely N-dealkylation sites (N-methyl/N-ethyl adjacent to an activating group) is 1. The fraction of sp³-hybridized carbons (Fsp3) is 1.00. The van der Waals surface area contributed by atoms with Crippen LogP contribution in [0.1, 0.15) is 47.0 Å². The van der Waals surface area contributed by atoms with Crippen molar-refractivity contribution in [2.75, 3.05) is 32.7 Å². The van der Waals surface area contributed by atoms with Gasteiger partial charge in [0.15, 0.2) is 0 Å². The summed E-state index contributed by atoms with van der Waals surface area (Å²) in [4.78, 5) is 5.19. The Balaban J connectivity index is 2.65. The molecule has 3 nitrogen and oxygen atoms in total. The van der Waals surface area contributed by atoms with E-state index in [1.165, 1.54) is 38.9 Å². The zero-order chi connectivity index (χ0) is 12.9. The molecule has 1 heterocycles. The topological polar surface area (TPSA) is 32.5 Å². The first-order valence-corrected chi connectivity index (χ1v) is 7.28. The minimum Gasteiger partial charge on any atom is -0.329 e. The predicted octanol–water partition coefficient (Wildman–Crippen LogP) is 1.92. The van der Waals surface area contributed by atoms with E-state index >= 15 is 0 Å². The Morgan fingerprint density at radius 2 is 1.82 bits per heavy atom. The molecule has 0 aliphatic carbocycles. The highest BCUT2D eigenvalue weighted by atomic mass is 15.3. The maximum absolute atomic E-state index is 6.11. The van der Waals surface area contributed by atoms with Gasteiger partial charge in [0.1, 0.15) is 0 Å². The summed E-state index contributed by atoms with van der Waals surface area (Å²) in [5.74, 6) is 0. The van der Waals surface area contributed by atoms with Gasteiger partial charge in [-0.2, -0.15) is 0 Å².